The number of hydrogen-bond acceptors (Lipinski definition) is 5. The number of carbonyl (C=O) groups is 1. The average molecular weight is 413 g/mol. The maximum Gasteiger partial charge on any atom is 0.316 e. The minimum Gasteiger partial charge on any atom is -0.465 e. The van der Waals surface area contributed by atoms with Gasteiger partial charge in [0, 0.05) is 11.0 Å². The van der Waals surface area contributed by atoms with Crippen molar-refractivity contribution in [1.82, 2.24) is 9.55 Å². The third-order valence-corrected chi connectivity index (χ3v) is 4.85. The Bertz CT molecular complexity index is 776. The Balaban J connectivity index is 2.25. The number of ether oxygens (including phenoxy) is 1. The molecule has 0 aliphatic heterocycles. The average Bonchev–Trinajstić information content (AvgIpc) is 2.57. The third-order valence-electron chi connectivity index (χ3n) is 3.41. The van der Waals surface area contributed by atoms with Crippen LogP contribution >= 0.6 is 27.7 Å². The van der Waals surface area contributed by atoms with E-state index in [9.17, 15) is 9.59 Å². The highest BCUT2D eigenvalue weighted by Gasteiger charge is 2.13. The van der Waals surface area contributed by atoms with Gasteiger partial charge in [-0.2, -0.15) is 0 Å². The van der Waals surface area contributed by atoms with Crippen LogP contribution in [0.25, 0.3) is 10.9 Å². The number of nitrogens with zero attached hydrogens (tertiary/aromatic N) is 2. The van der Waals surface area contributed by atoms with Gasteiger partial charge in [-0.05, 0) is 31.0 Å². The SMILES string of the molecule is CCCCOC(=O)CSc1nc2ccc(Br)cc2c(=O)n1CCC. The first kappa shape index (κ1) is 19.0. The molecule has 0 fully saturated rings. The van der Waals surface area contributed by atoms with Crippen molar-refractivity contribution >= 4 is 44.6 Å². The van der Waals surface area contributed by atoms with Gasteiger partial charge in [0.25, 0.3) is 5.56 Å². The van der Waals surface area contributed by atoms with Crippen LogP contribution in [0.3, 0.4) is 0 Å². The Morgan fingerprint density at radius 1 is 1.33 bits per heavy atom. The fourth-order valence-electron chi connectivity index (χ4n) is 2.20. The van der Waals surface area contributed by atoms with Crippen molar-refractivity contribution in [3.8, 4) is 0 Å². The molecule has 1 heterocycles. The summed E-state index contributed by atoms with van der Waals surface area (Å²) in [6, 6.07) is 5.44. The van der Waals surface area contributed by atoms with Gasteiger partial charge >= 0.3 is 5.97 Å². The third kappa shape index (κ3) is 4.83. The number of rotatable bonds is 8. The molecular weight excluding hydrogens is 392 g/mol. The van der Waals surface area contributed by atoms with Crippen LogP contribution in [-0.4, -0.2) is 27.9 Å². The van der Waals surface area contributed by atoms with Crippen LogP contribution in [0.1, 0.15) is 33.1 Å². The number of halogens is 1. The normalized spacial score (nSPS) is 11.0. The number of aromatic nitrogens is 2. The van der Waals surface area contributed by atoms with Crippen molar-refractivity contribution in [2.75, 3.05) is 12.4 Å². The molecule has 0 radical (unpaired) electrons. The van der Waals surface area contributed by atoms with Gasteiger partial charge in [0.05, 0.1) is 23.3 Å². The summed E-state index contributed by atoms with van der Waals surface area (Å²) < 4.78 is 7.64. The highest BCUT2D eigenvalue weighted by Crippen LogP contribution is 2.21. The molecule has 0 atom stereocenters. The van der Waals surface area contributed by atoms with Crippen LogP contribution < -0.4 is 5.56 Å². The number of benzene rings is 1. The first-order valence-electron chi connectivity index (χ1n) is 8.05. The molecule has 0 saturated carbocycles. The Kier molecular flexibility index (Phi) is 7.30. The molecule has 0 amide bonds. The zero-order valence-electron chi connectivity index (χ0n) is 13.9. The molecule has 2 rings (SSSR count). The van der Waals surface area contributed by atoms with Crippen LogP contribution in [0.4, 0.5) is 0 Å². The maximum atomic E-state index is 12.7. The fraction of sp³-hybridized carbons (Fsp3) is 0.471. The van der Waals surface area contributed by atoms with Crippen molar-refractivity contribution in [1.29, 1.82) is 0 Å². The molecule has 0 bridgehead atoms. The minimum atomic E-state index is -0.276. The number of carbonyl (C=O) groups excluding carboxylic acids is 1. The van der Waals surface area contributed by atoms with E-state index in [-0.39, 0.29) is 17.3 Å². The van der Waals surface area contributed by atoms with E-state index < -0.39 is 0 Å². The summed E-state index contributed by atoms with van der Waals surface area (Å²) in [5.74, 6) is -0.122. The van der Waals surface area contributed by atoms with Gasteiger partial charge in [-0.1, -0.05) is 48.0 Å². The molecule has 0 spiro atoms. The van der Waals surface area contributed by atoms with Crippen molar-refractivity contribution in [3.63, 3.8) is 0 Å². The summed E-state index contributed by atoms with van der Waals surface area (Å²) in [7, 11) is 0. The summed E-state index contributed by atoms with van der Waals surface area (Å²) in [5.41, 5.74) is 0.558. The van der Waals surface area contributed by atoms with E-state index in [0.717, 1.165) is 23.7 Å². The highest BCUT2D eigenvalue weighted by molar-refractivity contribution is 9.10. The topological polar surface area (TPSA) is 61.2 Å². The predicted octanol–water partition coefficient (Wildman–Crippen LogP) is 4.00. The van der Waals surface area contributed by atoms with E-state index in [1.165, 1.54) is 11.8 Å². The first-order valence-corrected chi connectivity index (χ1v) is 9.83. The van der Waals surface area contributed by atoms with Gasteiger partial charge in [0.2, 0.25) is 0 Å². The standard InChI is InChI=1S/C17H21BrN2O3S/c1-3-5-9-23-15(21)11-24-17-19-14-7-6-12(18)10-13(14)16(22)20(17)8-4-2/h6-7,10H,3-5,8-9,11H2,1-2H3. The zero-order chi connectivity index (χ0) is 17.5. The first-order chi connectivity index (χ1) is 11.6. The van der Waals surface area contributed by atoms with Crippen LogP contribution in [0.15, 0.2) is 32.6 Å². The van der Waals surface area contributed by atoms with E-state index >= 15 is 0 Å². The quantitative estimate of drug-likeness (QED) is 0.283. The number of unbranched alkanes of at least 4 members (excludes halogenated alkanes) is 1. The fourth-order valence-corrected chi connectivity index (χ4v) is 3.38. The minimum absolute atomic E-state index is 0.0787. The van der Waals surface area contributed by atoms with Crippen LogP contribution in [-0.2, 0) is 16.1 Å². The largest absolute Gasteiger partial charge is 0.465 e. The van der Waals surface area contributed by atoms with Crippen molar-refractivity contribution in [2.24, 2.45) is 0 Å². The summed E-state index contributed by atoms with van der Waals surface area (Å²) >= 11 is 4.64. The van der Waals surface area contributed by atoms with E-state index in [2.05, 4.69) is 20.9 Å². The van der Waals surface area contributed by atoms with Gasteiger partial charge in [0.15, 0.2) is 5.16 Å². The lowest BCUT2D eigenvalue weighted by Gasteiger charge is -2.12. The van der Waals surface area contributed by atoms with Crippen molar-refractivity contribution in [3.05, 3.63) is 33.0 Å². The number of fused-ring (bicyclic) bond motifs is 1. The number of esters is 1. The summed E-state index contributed by atoms with van der Waals surface area (Å²) in [6.45, 7) is 5.06. The second-order valence-corrected chi connectivity index (χ2v) is 7.23. The lowest BCUT2D eigenvalue weighted by Crippen LogP contribution is -2.24. The second-order valence-electron chi connectivity index (χ2n) is 5.38. The van der Waals surface area contributed by atoms with Crippen molar-refractivity contribution < 1.29 is 9.53 Å². The lowest BCUT2D eigenvalue weighted by molar-refractivity contribution is -0.140. The van der Waals surface area contributed by atoms with E-state index in [1.54, 1.807) is 16.7 Å². The monoisotopic (exact) mass is 412 g/mol. The molecule has 0 saturated heterocycles. The Labute approximate surface area is 153 Å². The van der Waals surface area contributed by atoms with Gasteiger partial charge in [0.1, 0.15) is 0 Å². The lowest BCUT2D eigenvalue weighted by atomic mass is 10.2. The van der Waals surface area contributed by atoms with Crippen molar-refractivity contribution in [2.45, 2.75) is 44.8 Å². The smallest absolute Gasteiger partial charge is 0.316 e. The Morgan fingerprint density at radius 3 is 2.83 bits per heavy atom. The Hall–Kier alpha value is -1.34. The van der Waals surface area contributed by atoms with Gasteiger partial charge in [-0.3, -0.25) is 14.2 Å². The molecule has 1 aromatic carbocycles. The Morgan fingerprint density at radius 2 is 2.12 bits per heavy atom. The zero-order valence-corrected chi connectivity index (χ0v) is 16.3. The molecule has 0 unspecified atom stereocenters. The molecule has 24 heavy (non-hydrogen) atoms. The molecule has 2 aromatic rings. The van der Waals surface area contributed by atoms with Gasteiger partial charge in [-0.25, -0.2) is 4.98 Å². The van der Waals surface area contributed by atoms with Crippen LogP contribution in [0.2, 0.25) is 0 Å². The molecule has 130 valence electrons. The summed E-state index contributed by atoms with van der Waals surface area (Å²) in [6.07, 6.45) is 2.66. The second kappa shape index (κ2) is 9.22. The van der Waals surface area contributed by atoms with Crippen LogP contribution in [0.5, 0.6) is 0 Å². The molecule has 0 N–H and O–H groups in total. The molecular formula is C17H21BrN2O3S. The number of hydrogen-bond donors (Lipinski definition) is 0. The van der Waals surface area contributed by atoms with E-state index in [1.807, 2.05) is 19.9 Å². The maximum absolute atomic E-state index is 12.7. The molecule has 5 nitrogen and oxygen atoms in total. The summed E-state index contributed by atoms with van der Waals surface area (Å²) in [5, 5.41) is 1.14. The molecule has 0 aliphatic carbocycles. The van der Waals surface area contributed by atoms with E-state index in [4.69, 9.17) is 4.74 Å². The predicted molar refractivity (Wildman–Crippen MR) is 101 cm³/mol. The van der Waals surface area contributed by atoms with E-state index in [0.29, 0.717) is 29.2 Å². The van der Waals surface area contributed by atoms with Gasteiger partial charge < -0.3 is 4.74 Å². The van der Waals surface area contributed by atoms with Crippen LogP contribution in [0, 0.1) is 0 Å². The molecule has 0 aliphatic rings. The highest BCUT2D eigenvalue weighted by atomic mass is 79.9. The summed E-state index contributed by atoms with van der Waals surface area (Å²) in [4.78, 5) is 29.1. The molecule has 1 aromatic heterocycles. The van der Waals surface area contributed by atoms with Gasteiger partial charge in [-0.15, -0.1) is 0 Å². The number of thioether (sulfide) groups is 1. The molecule has 7 heteroatoms.